The monoisotopic (exact) mass is 361 g/mol. The van der Waals surface area contributed by atoms with Crippen LogP contribution in [0.25, 0.3) is 0 Å². The number of aliphatic hydroxyl groups is 2. The van der Waals surface area contributed by atoms with Crippen molar-refractivity contribution in [2.24, 2.45) is 5.73 Å². The molecule has 0 bridgehead atoms. The van der Waals surface area contributed by atoms with Crippen LogP contribution in [0, 0.1) is 11.8 Å². The van der Waals surface area contributed by atoms with Crippen molar-refractivity contribution in [3.05, 3.63) is 47.5 Å². The average molecular weight is 361 g/mol. The Morgan fingerprint density at radius 2 is 1.92 bits per heavy atom. The predicted octanol–water partition coefficient (Wildman–Crippen LogP) is -0.711. The topological polar surface area (TPSA) is 145 Å². The van der Waals surface area contributed by atoms with Gasteiger partial charge in [-0.3, -0.25) is 14.8 Å². The second-order valence-corrected chi connectivity index (χ2v) is 6.16. The van der Waals surface area contributed by atoms with Crippen LogP contribution in [-0.2, 0) is 4.79 Å². The van der Waals surface area contributed by atoms with E-state index in [0.717, 1.165) is 0 Å². The molecule has 2 atom stereocenters. The third-order valence-corrected chi connectivity index (χ3v) is 3.34. The Kier molecular flexibility index (Phi) is 7.96. The van der Waals surface area contributed by atoms with Gasteiger partial charge in [-0.1, -0.05) is 11.8 Å². The van der Waals surface area contributed by atoms with Crippen molar-refractivity contribution in [3.63, 3.8) is 0 Å². The van der Waals surface area contributed by atoms with Crippen molar-refractivity contribution in [2.45, 2.75) is 31.5 Å². The van der Waals surface area contributed by atoms with Crippen LogP contribution in [0.5, 0.6) is 0 Å². The minimum absolute atomic E-state index is 0.293. The number of hydroxylamine groups is 1. The third-order valence-electron chi connectivity index (χ3n) is 3.34. The molecule has 0 saturated carbocycles. The highest BCUT2D eigenvalue weighted by atomic mass is 16.5. The molecule has 26 heavy (non-hydrogen) atoms. The van der Waals surface area contributed by atoms with Crippen LogP contribution in [0.2, 0.25) is 0 Å². The fourth-order valence-corrected chi connectivity index (χ4v) is 1.92. The molecule has 8 nitrogen and oxygen atoms in total. The Hall–Kier alpha value is -2.70. The van der Waals surface area contributed by atoms with Crippen LogP contribution in [0.3, 0.4) is 0 Å². The van der Waals surface area contributed by atoms with Gasteiger partial charge in [0.25, 0.3) is 11.8 Å². The van der Waals surface area contributed by atoms with E-state index in [0.29, 0.717) is 11.1 Å². The van der Waals surface area contributed by atoms with Gasteiger partial charge in [-0.25, -0.2) is 5.48 Å². The Bertz CT molecular complexity index is 711. The van der Waals surface area contributed by atoms with Gasteiger partial charge in [0.2, 0.25) is 0 Å². The number of hydrogen-bond acceptors (Lipinski definition) is 6. The van der Waals surface area contributed by atoms with Crippen LogP contribution in [-0.4, -0.2) is 51.5 Å². The first kappa shape index (κ1) is 21.3. The summed E-state index contributed by atoms with van der Waals surface area (Å²) in [6.45, 7) is 2.72. The second-order valence-electron chi connectivity index (χ2n) is 6.16. The summed E-state index contributed by atoms with van der Waals surface area (Å²) in [6.07, 6.45) is 1.82. The predicted molar refractivity (Wildman–Crippen MR) is 95.0 cm³/mol. The van der Waals surface area contributed by atoms with E-state index in [-0.39, 0.29) is 6.61 Å². The third kappa shape index (κ3) is 6.66. The maximum absolute atomic E-state index is 12.3. The number of carbonyl (C=O) groups excluding carboxylic acids is 2. The first-order valence-electron chi connectivity index (χ1n) is 7.80. The van der Waals surface area contributed by atoms with Gasteiger partial charge in [0, 0.05) is 16.7 Å². The van der Waals surface area contributed by atoms with Crippen molar-refractivity contribution < 1.29 is 25.0 Å². The van der Waals surface area contributed by atoms with E-state index in [1.165, 1.54) is 29.8 Å². The van der Waals surface area contributed by atoms with E-state index < -0.39 is 29.5 Å². The van der Waals surface area contributed by atoms with E-state index in [1.807, 2.05) is 0 Å². The van der Waals surface area contributed by atoms with Crippen LogP contribution in [0.4, 0.5) is 0 Å². The minimum Gasteiger partial charge on any atom is -0.393 e. The van der Waals surface area contributed by atoms with E-state index in [9.17, 15) is 9.59 Å². The number of benzene rings is 1. The molecule has 1 aromatic rings. The summed E-state index contributed by atoms with van der Waals surface area (Å²) in [6, 6.07) is 5.17. The molecule has 0 fully saturated rings. The smallest absolute Gasteiger partial charge is 0.267 e. The molecule has 0 aromatic heterocycles. The standard InChI is InChI=1S/C18H23N3O5/c1-18(2,19)15(17(25)21-26)20-16(24)13-9-7-12(8-10-13)5-3-4-6-14(23)11-22/h4,6-10,14-15,22-23,26H,11,19H2,1-2H3,(H,20,24)(H,21,25)/b6-4+/t14-,15+/m0/s1. The lowest BCUT2D eigenvalue weighted by atomic mass is 9.95. The number of amides is 2. The zero-order valence-corrected chi connectivity index (χ0v) is 14.6. The molecule has 140 valence electrons. The lowest BCUT2D eigenvalue weighted by Crippen LogP contribution is -2.61. The number of nitrogens with one attached hydrogen (secondary N) is 2. The van der Waals surface area contributed by atoms with Gasteiger partial charge in [-0.05, 0) is 50.3 Å². The largest absolute Gasteiger partial charge is 0.393 e. The van der Waals surface area contributed by atoms with Gasteiger partial charge in [-0.15, -0.1) is 0 Å². The number of allylic oxidation sites excluding steroid dienone is 1. The molecule has 0 aliphatic rings. The Morgan fingerprint density at radius 3 is 2.42 bits per heavy atom. The minimum atomic E-state index is -1.12. The maximum atomic E-state index is 12.3. The van der Waals surface area contributed by atoms with Crippen molar-refractivity contribution in [2.75, 3.05) is 6.61 Å². The zero-order chi connectivity index (χ0) is 19.7. The Balaban J connectivity index is 2.82. The number of hydrogen-bond donors (Lipinski definition) is 6. The molecule has 0 spiro atoms. The summed E-state index contributed by atoms with van der Waals surface area (Å²) in [7, 11) is 0. The van der Waals surface area contributed by atoms with Crippen molar-refractivity contribution >= 4 is 11.8 Å². The first-order chi connectivity index (χ1) is 12.2. The summed E-state index contributed by atoms with van der Waals surface area (Å²) in [5.41, 5.74) is 7.19. The molecule has 1 rings (SSSR count). The van der Waals surface area contributed by atoms with Gasteiger partial charge in [0.05, 0.1) is 12.7 Å². The summed E-state index contributed by atoms with van der Waals surface area (Å²) >= 11 is 0. The van der Waals surface area contributed by atoms with Crippen molar-refractivity contribution in [1.82, 2.24) is 10.8 Å². The lowest BCUT2D eigenvalue weighted by molar-refractivity contribution is -0.132. The van der Waals surface area contributed by atoms with Crippen molar-refractivity contribution in [1.29, 1.82) is 0 Å². The van der Waals surface area contributed by atoms with E-state index >= 15 is 0 Å². The molecule has 0 radical (unpaired) electrons. The average Bonchev–Trinajstić information content (AvgIpc) is 2.61. The van der Waals surface area contributed by atoms with Gasteiger partial charge >= 0.3 is 0 Å². The highest BCUT2D eigenvalue weighted by molar-refractivity contribution is 5.97. The quantitative estimate of drug-likeness (QED) is 0.224. The molecule has 2 amide bonds. The summed E-state index contributed by atoms with van der Waals surface area (Å²) in [5.74, 6) is 4.15. The van der Waals surface area contributed by atoms with E-state index in [2.05, 4.69) is 17.2 Å². The van der Waals surface area contributed by atoms with E-state index in [1.54, 1.807) is 26.0 Å². The molecule has 7 N–H and O–H groups in total. The summed E-state index contributed by atoms with van der Waals surface area (Å²) < 4.78 is 0. The van der Waals surface area contributed by atoms with E-state index in [4.69, 9.17) is 21.2 Å². The molecule has 0 heterocycles. The van der Waals surface area contributed by atoms with Gasteiger partial charge in [0.1, 0.15) is 6.04 Å². The number of aliphatic hydroxyl groups excluding tert-OH is 2. The van der Waals surface area contributed by atoms with Crippen LogP contribution in [0.1, 0.15) is 29.8 Å². The Morgan fingerprint density at radius 1 is 1.31 bits per heavy atom. The summed E-state index contributed by atoms with van der Waals surface area (Å²) in [5, 5.41) is 29.1. The highest BCUT2D eigenvalue weighted by Gasteiger charge is 2.33. The fourth-order valence-electron chi connectivity index (χ4n) is 1.92. The van der Waals surface area contributed by atoms with Crippen LogP contribution >= 0.6 is 0 Å². The normalized spacial score (nSPS) is 13.5. The number of carbonyl (C=O) groups is 2. The zero-order valence-electron chi connectivity index (χ0n) is 14.6. The van der Waals surface area contributed by atoms with Crippen LogP contribution < -0.4 is 16.5 Å². The molecule has 8 heteroatoms. The molecule has 0 aliphatic carbocycles. The first-order valence-corrected chi connectivity index (χ1v) is 7.80. The highest BCUT2D eigenvalue weighted by Crippen LogP contribution is 2.09. The number of nitrogens with two attached hydrogens (primary N) is 1. The second kappa shape index (κ2) is 9.70. The fraction of sp³-hybridized carbons (Fsp3) is 0.333. The van der Waals surface area contributed by atoms with Gasteiger partial charge < -0.3 is 21.3 Å². The maximum Gasteiger partial charge on any atom is 0.267 e. The number of rotatable bonds is 6. The SMILES string of the molecule is CC(C)(N)[C@H](NC(=O)c1ccc(C#C/C=C/[C@H](O)CO)cc1)C(=O)NO. The summed E-state index contributed by atoms with van der Waals surface area (Å²) in [4.78, 5) is 24.0. The van der Waals surface area contributed by atoms with Crippen LogP contribution in [0.15, 0.2) is 36.4 Å². The van der Waals surface area contributed by atoms with Crippen molar-refractivity contribution in [3.8, 4) is 11.8 Å². The molecule has 0 aliphatic heterocycles. The van der Waals surface area contributed by atoms with Gasteiger partial charge in [0.15, 0.2) is 0 Å². The lowest BCUT2D eigenvalue weighted by Gasteiger charge is -2.29. The molecule has 0 unspecified atom stereocenters. The molecule has 1 aromatic carbocycles. The van der Waals surface area contributed by atoms with Gasteiger partial charge in [-0.2, -0.15) is 0 Å². The molecule has 0 saturated heterocycles. The molecular weight excluding hydrogens is 338 g/mol. The molecular formula is C18H23N3O5. The Labute approximate surface area is 151 Å².